The molecule has 31 heavy (non-hydrogen) atoms. The SMILES string of the molecule is C[Si](C(=O)C(Sc1ccccc1)Sc1ccccc1)(c1ccccc1)c1ccccc1. The minimum Gasteiger partial charge on any atom is -0.302 e. The van der Waals surface area contributed by atoms with Crippen LogP contribution in [-0.2, 0) is 4.79 Å². The summed E-state index contributed by atoms with van der Waals surface area (Å²) in [5, 5.41) is 2.63. The Hall–Kier alpha value is -2.53. The summed E-state index contributed by atoms with van der Waals surface area (Å²) in [7, 11) is -2.66. The third kappa shape index (κ3) is 5.04. The fourth-order valence-electron chi connectivity index (χ4n) is 3.61. The Labute approximate surface area is 193 Å². The van der Waals surface area contributed by atoms with E-state index < -0.39 is 8.07 Å². The molecule has 0 unspecified atom stereocenters. The van der Waals surface area contributed by atoms with Gasteiger partial charge in [-0.3, -0.25) is 0 Å². The van der Waals surface area contributed by atoms with Crippen molar-refractivity contribution in [2.75, 3.05) is 0 Å². The zero-order valence-corrected chi connectivity index (χ0v) is 20.0. The third-order valence-corrected chi connectivity index (χ3v) is 12.6. The Morgan fingerprint density at radius 1 is 0.581 bits per heavy atom. The summed E-state index contributed by atoms with van der Waals surface area (Å²) >= 11 is 3.31. The zero-order chi connectivity index (χ0) is 21.5. The van der Waals surface area contributed by atoms with Crippen molar-refractivity contribution in [3.05, 3.63) is 121 Å². The van der Waals surface area contributed by atoms with Gasteiger partial charge in [-0.1, -0.05) is 104 Å². The quantitative estimate of drug-likeness (QED) is 0.187. The molecule has 0 bridgehead atoms. The first kappa shape index (κ1) is 21.7. The van der Waals surface area contributed by atoms with E-state index in [4.69, 9.17) is 0 Å². The van der Waals surface area contributed by atoms with Crippen LogP contribution in [-0.4, -0.2) is 18.1 Å². The number of thioether (sulfide) groups is 2. The maximum Gasteiger partial charge on any atom is 0.193 e. The zero-order valence-electron chi connectivity index (χ0n) is 17.3. The minimum atomic E-state index is -2.66. The van der Waals surface area contributed by atoms with Crippen LogP contribution in [0.1, 0.15) is 0 Å². The molecule has 0 saturated carbocycles. The average Bonchev–Trinajstić information content (AvgIpc) is 2.85. The molecule has 0 heterocycles. The molecular formula is C27H24OS2Si. The Morgan fingerprint density at radius 2 is 0.903 bits per heavy atom. The highest BCUT2D eigenvalue weighted by Gasteiger charge is 2.44. The number of hydrogen-bond acceptors (Lipinski definition) is 3. The molecule has 0 aliphatic rings. The normalized spacial score (nSPS) is 11.4. The average molecular weight is 457 g/mol. The fraction of sp³-hybridized carbons (Fsp3) is 0.0741. The minimum absolute atomic E-state index is 0.234. The van der Waals surface area contributed by atoms with Gasteiger partial charge in [-0.15, -0.1) is 23.5 Å². The van der Waals surface area contributed by atoms with Crippen LogP contribution in [0.4, 0.5) is 0 Å². The Balaban J connectivity index is 1.78. The number of rotatable bonds is 8. The predicted molar refractivity (Wildman–Crippen MR) is 137 cm³/mol. The van der Waals surface area contributed by atoms with Crippen molar-refractivity contribution in [3.8, 4) is 0 Å². The summed E-state index contributed by atoms with van der Waals surface area (Å²) in [4.78, 5) is 16.6. The first-order valence-corrected chi connectivity index (χ1v) is 14.5. The van der Waals surface area contributed by atoms with E-state index in [9.17, 15) is 4.79 Å². The molecule has 1 nitrogen and oxygen atoms in total. The van der Waals surface area contributed by atoms with Crippen molar-refractivity contribution in [1.82, 2.24) is 0 Å². The van der Waals surface area contributed by atoms with Gasteiger partial charge in [0.2, 0.25) is 0 Å². The van der Waals surface area contributed by atoms with Crippen molar-refractivity contribution in [1.29, 1.82) is 0 Å². The van der Waals surface area contributed by atoms with Crippen LogP contribution in [0.3, 0.4) is 0 Å². The van der Waals surface area contributed by atoms with E-state index in [1.165, 1.54) is 0 Å². The van der Waals surface area contributed by atoms with Crippen molar-refractivity contribution in [2.24, 2.45) is 0 Å². The Morgan fingerprint density at radius 3 is 1.26 bits per heavy atom. The second-order valence-corrected chi connectivity index (χ2v) is 14.0. The van der Waals surface area contributed by atoms with Gasteiger partial charge in [-0.2, -0.15) is 0 Å². The number of hydrogen-bond donors (Lipinski definition) is 0. The standard InChI is InChI=1S/C27H24OS2Si/c1-31(24-18-10-4-11-19-24,25-20-12-5-13-21-25)26(28)27(29-22-14-6-2-7-15-22)30-23-16-8-3-9-17-23/h2-21,27H,1H3. The molecule has 4 heteroatoms. The lowest BCUT2D eigenvalue weighted by Gasteiger charge is -2.30. The van der Waals surface area contributed by atoms with E-state index in [-0.39, 0.29) is 4.58 Å². The molecule has 0 aliphatic carbocycles. The summed E-state index contributed by atoms with van der Waals surface area (Å²) in [6, 6.07) is 41.2. The molecule has 0 spiro atoms. The van der Waals surface area contributed by atoms with Crippen molar-refractivity contribution in [2.45, 2.75) is 20.9 Å². The van der Waals surface area contributed by atoms with E-state index in [2.05, 4.69) is 55.1 Å². The lowest BCUT2D eigenvalue weighted by Crippen LogP contribution is -2.64. The van der Waals surface area contributed by atoms with E-state index in [1.807, 2.05) is 72.8 Å². The first-order chi connectivity index (χ1) is 15.2. The van der Waals surface area contributed by atoms with Crippen LogP contribution in [0, 0.1) is 0 Å². The van der Waals surface area contributed by atoms with Gasteiger partial charge in [0.1, 0.15) is 9.99 Å². The Bertz CT molecular complexity index is 1020. The predicted octanol–water partition coefficient (Wildman–Crippen LogP) is 5.90. The van der Waals surface area contributed by atoms with Crippen LogP contribution in [0.2, 0.25) is 6.55 Å². The highest BCUT2D eigenvalue weighted by molar-refractivity contribution is 8.18. The molecule has 0 aromatic heterocycles. The molecule has 0 saturated heterocycles. The van der Waals surface area contributed by atoms with Gasteiger partial charge in [0.05, 0.1) is 0 Å². The van der Waals surface area contributed by atoms with Crippen LogP contribution in [0.5, 0.6) is 0 Å². The van der Waals surface area contributed by atoms with Crippen LogP contribution >= 0.6 is 23.5 Å². The number of carbonyl (C=O) groups excluding carboxylic acids is 1. The molecule has 0 fully saturated rings. The van der Waals surface area contributed by atoms with Crippen molar-refractivity contribution < 1.29 is 4.79 Å². The monoisotopic (exact) mass is 456 g/mol. The van der Waals surface area contributed by atoms with Gasteiger partial charge >= 0.3 is 0 Å². The highest BCUT2D eigenvalue weighted by atomic mass is 32.2. The molecule has 0 N–H and O–H groups in total. The molecule has 0 atom stereocenters. The largest absolute Gasteiger partial charge is 0.302 e. The first-order valence-electron chi connectivity index (χ1n) is 10.3. The summed E-state index contributed by atoms with van der Waals surface area (Å²) < 4.78 is -0.234. The molecular weight excluding hydrogens is 433 g/mol. The maximum atomic E-state index is 14.4. The van der Waals surface area contributed by atoms with Gasteiger partial charge in [0.15, 0.2) is 8.07 Å². The van der Waals surface area contributed by atoms with Gasteiger partial charge in [-0.25, -0.2) is 0 Å². The van der Waals surface area contributed by atoms with Gasteiger partial charge < -0.3 is 4.79 Å². The Kier molecular flexibility index (Phi) is 7.13. The summed E-state index contributed by atoms with van der Waals surface area (Å²) in [5.41, 5.74) is 0. The second-order valence-electron chi connectivity index (χ2n) is 7.42. The molecule has 154 valence electrons. The second kappa shape index (κ2) is 10.2. The van der Waals surface area contributed by atoms with Crippen LogP contribution in [0.25, 0.3) is 0 Å². The number of carbonyl (C=O) groups is 1. The molecule has 4 aromatic rings. The van der Waals surface area contributed by atoms with E-state index in [0.29, 0.717) is 5.41 Å². The fourth-order valence-corrected chi connectivity index (χ4v) is 10.7. The van der Waals surface area contributed by atoms with E-state index in [1.54, 1.807) is 23.5 Å². The maximum absolute atomic E-state index is 14.4. The molecule has 0 radical (unpaired) electrons. The summed E-state index contributed by atoms with van der Waals surface area (Å²) in [5.74, 6) is 0. The lowest BCUT2D eigenvalue weighted by atomic mass is 10.4. The molecule has 4 aromatic carbocycles. The van der Waals surface area contributed by atoms with Crippen LogP contribution < -0.4 is 10.4 Å². The van der Waals surface area contributed by atoms with Gasteiger partial charge in [-0.05, 0) is 34.6 Å². The summed E-state index contributed by atoms with van der Waals surface area (Å²) in [6.45, 7) is 2.20. The topological polar surface area (TPSA) is 17.1 Å². The lowest BCUT2D eigenvalue weighted by molar-refractivity contribution is -0.110. The van der Waals surface area contributed by atoms with Crippen LogP contribution in [0.15, 0.2) is 131 Å². The number of benzene rings is 4. The van der Waals surface area contributed by atoms with E-state index >= 15 is 0 Å². The van der Waals surface area contributed by atoms with E-state index in [0.717, 1.165) is 20.2 Å². The molecule has 0 aliphatic heterocycles. The van der Waals surface area contributed by atoms with Gasteiger partial charge in [0.25, 0.3) is 0 Å². The highest BCUT2D eigenvalue weighted by Crippen LogP contribution is 2.37. The van der Waals surface area contributed by atoms with Crippen molar-refractivity contribution in [3.63, 3.8) is 0 Å². The smallest absolute Gasteiger partial charge is 0.193 e. The van der Waals surface area contributed by atoms with Crippen molar-refractivity contribution >= 4 is 47.4 Å². The molecule has 0 amide bonds. The van der Waals surface area contributed by atoms with Gasteiger partial charge in [0, 0.05) is 9.79 Å². The third-order valence-electron chi connectivity index (χ3n) is 5.38. The molecule has 4 rings (SSSR count). The summed E-state index contributed by atoms with van der Waals surface area (Å²) in [6.07, 6.45) is 0.